The van der Waals surface area contributed by atoms with Gasteiger partial charge in [0.25, 0.3) is 5.91 Å². The van der Waals surface area contributed by atoms with E-state index in [1.54, 1.807) is 14.0 Å². The summed E-state index contributed by atoms with van der Waals surface area (Å²) in [4.78, 5) is 12.1. The number of amides is 1. The number of carbonyl (C=O) groups is 1. The number of nitrogens with one attached hydrogen (secondary N) is 2. The molecule has 112 valence electrons. The van der Waals surface area contributed by atoms with Gasteiger partial charge in [-0.3, -0.25) is 4.79 Å². The Morgan fingerprint density at radius 3 is 2.35 bits per heavy atom. The summed E-state index contributed by atoms with van der Waals surface area (Å²) in [6.07, 6.45) is 0.631. The van der Waals surface area contributed by atoms with E-state index in [4.69, 9.17) is 4.74 Å². The van der Waals surface area contributed by atoms with Crippen LogP contribution in [0, 0.1) is 0 Å². The summed E-state index contributed by atoms with van der Waals surface area (Å²) in [5.74, 6) is -0.115. The zero-order valence-electron chi connectivity index (χ0n) is 13.1. The molecule has 20 heavy (non-hydrogen) atoms. The molecule has 1 atom stereocenters. The Kier molecular flexibility index (Phi) is 6.17. The molecular formula is C16H26N2O2. The molecule has 2 N–H and O–H groups in total. The number of methoxy groups -OCH3 is 1. The largest absolute Gasteiger partial charge is 0.369 e. The van der Waals surface area contributed by atoms with Gasteiger partial charge in [0.15, 0.2) is 0 Å². The van der Waals surface area contributed by atoms with Crippen molar-refractivity contribution in [1.82, 2.24) is 5.32 Å². The van der Waals surface area contributed by atoms with Gasteiger partial charge in [0.05, 0.1) is 0 Å². The summed E-state index contributed by atoms with van der Waals surface area (Å²) in [6.45, 7) is 8.79. The van der Waals surface area contributed by atoms with E-state index in [1.165, 1.54) is 5.56 Å². The second-order valence-electron chi connectivity index (χ2n) is 5.48. The van der Waals surface area contributed by atoms with Gasteiger partial charge in [-0.1, -0.05) is 32.9 Å². The predicted molar refractivity (Wildman–Crippen MR) is 82.8 cm³/mol. The lowest BCUT2D eigenvalue weighted by atomic mass is 10.0. The van der Waals surface area contributed by atoms with E-state index in [9.17, 15) is 4.79 Å². The molecule has 1 aromatic rings. The monoisotopic (exact) mass is 278 g/mol. The third-order valence-corrected chi connectivity index (χ3v) is 3.53. The summed E-state index contributed by atoms with van der Waals surface area (Å²) in [5, 5.41) is 6.25. The Morgan fingerprint density at radius 1 is 1.30 bits per heavy atom. The average Bonchev–Trinajstić information content (AvgIpc) is 2.45. The summed E-state index contributed by atoms with van der Waals surface area (Å²) < 4.78 is 5.29. The maximum absolute atomic E-state index is 12.1. The molecule has 0 aliphatic heterocycles. The van der Waals surface area contributed by atoms with Crippen LogP contribution < -0.4 is 10.6 Å². The topological polar surface area (TPSA) is 50.4 Å². The van der Waals surface area contributed by atoms with Gasteiger partial charge in [-0.15, -0.1) is 0 Å². The highest BCUT2D eigenvalue weighted by molar-refractivity contribution is 5.97. The fourth-order valence-corrected chi connectivity index (χ4v) is 1.69. The van der Waals surface area contributed by atoms with Crippen LogP contribution >= 0.6 is 0 Å². The van der Waals surface area contributed by atoms with Crippen LogP contribution in [0.5, 0.6) is 0 Å². The third-order valence-electron chi connectivity index (χ3n) is 3.53. The molecule has 0 heterocycles. The Morgan fingerprint density at radius 2 is 1.90 bits per heavy atom. The zero-order valence-corrected chi connectivity index (χ0v) is 13.1. The van der Waals surface area contributed by atoms with Gasteiger partial charge in [-0.2, -0.15) is 0 Å². The Hall–Kier alpha value is -1.39. The summed E-state index contributed by atoms with van der Waals surface area (Å²) >= 11 is 0. The standard InChI is InChI=1S/C16H26N2O2/c1-6-16(4,20-5)15(19)18-14-9-7-13(8-10-14)11-17-12(2)3/h7-10,12,17H,6,11H2,1-5H3,(H,18,19). The fourth-order valence-electron chi connectivity index (χ4n) is 1.69. The molecule has 0 fully saturated rings. The van der Waals surface area contributed by atoms with Crippen LogP contribution in [0.3, 0.4) is 0 Å². The summed E-state index contributed by atoms with van der Waals surface area (Å²) in [6, 6.07) is 8.32. The van der Waals surface area contributed by atoms with E-state index in [2.05, 4.69) is 24.5 Å². The highest BCUT2D eigenvalue weighted by atomic mass is 16.5. The summed E-state index contributed by atoms with van der Waals surface area (Å²) in [5.41, 5.74) is 1.21. The number of ether oxygens (including phenoxy) is 1. The Labute approximate surface area is 121 Å². The van der Waals surface area contributed by atoms with E-state index < -0.39 is 5.60 Å². The highest BCUT2D eigenvalue weighted by Gasteiger charge is 2.30. The Balaban J connectivity index is 2.63. The molecule has 0 saturated carbocycles. The minimum Gasteiger partial charge on any atom is -0.369 e. The number of rotatable bonds is 7. The van der Waals surface area contributed by atoms with E-state index in [0.29, 0.717) is 12.5 Å². The van der Waals surface area contributed by atoms with Crippen LogP contribution in [-0.2, 0) is 16.1 Å². The maximum Gasteiger partial charge on any atom is 0.256 e. The first-order chi connectivity index (χ1) is 9.41. The van der Waals surface area contributed by atoms with Crippen LogP contribution in [0.25, 0.3) is 0 Å². The minimum absolute atomic E-state index is 0.115. The molecule has 0 aliphatic rings. The van der Waals surface area contributed by atoms with Crippen LogP contribution in [0.4, 0.5) is 5.69 Å². The molecule has 1 rings (SSSR count). The van der Waals surface area contributed by atoms with Gasteiger partial charge in [-0.25, -0.2) is 0 Å². The second-order valence-corrected chi connectivity index (χ2v) is 5.48. The molecular weight excluding hydrogens is 252 g/mol. The van der Waals surface area contributed by atoms with E-state index in [0.717, 1.165) is 12.2 Å². The van der Waals surface area contributed by atoms with E-state index >= 15 is 0 Å². The number of hydrogen-bond donors (Lipinski definition) is 2. The first kappa shape index (κ1) is 16.7. The highest BCUT2D eigenvalue weighted by Crippen LogP contribution is 2.18. The van der Waals surface area contributed by atoms with Crippen molar-refractivity contribution in [2.24, 2.45) is 0 Å². The number of benzene rings is 1. The lowest BCUT2D eigenvalue weighted by Gasteiger charge is -2.25. The van der Waals surface area contributed by atoms with Crippen LogP contribution in [-0.4, -0.2) is 24.7 Å². The fraction of sp³-hybridized carbons (Fsp3) is 0.562. The lowest BCUT2D eigenvalue weighted by Crippen LogP contribution is -2.41. The number of hydrogen-bond acceptors (Lipinski definition) is 3. The normalized spacial score (nSPS) is 14.1. The van der Waals surface area contributed by atoms with Gasteiger partial charge in [-0.05, 0) is 31.0 Å². The van der Waals surface area contributed by atoms with Gasteiger partial charge in [0.1, 0.15) is 5.60 Å². The van der Waals surface area contributed by atoms with Crippen molar-refractivity contribution in [3.63, 3.8) is 0 Å². The van der Waals surface area contributed by atoms with Crippen LogP contribution in [0.2, 0.25) is 0 Å². The molecule has 0 bridgehead atoms. The van der Waals surface area contributed by atoms with Crippen molar-refractivity contribution in [3.05, 3.63) is 29.8 Å². The van der Waals surface area contributed by atoms with Gasteiger partial charge in [0, 0.05) is 25.4 Å². The molecule has 0 aromatic heterocycles. The zero-order chi connectivity index (χ0) is 15.2. The molecule has 4 heteroatoms. The van der Waals surface area contributed by atoms with Crippen molar-refractivity contribution in [1.29, 1.82) is 0 Å². The molecule has 0 saturated heterocycles. The van der Waals surface area contributed by atoms with Crippen LogP contribution in [0.1, 0.15) is 39.7 Å². The van der Waals surface area contributed by atoms with Gasteiger partial charge < -0.3 is 15.4 Å². The van der Waals surface area contributed by atoms with Crippen molar-refractivity contribution >= 4 is 11.6 Å². The lowest BCUT2D eigenvalue weighted by molar-refractivity contribution is -0.136. The second kappa shape index (κ2) is 7.41. The molecule has 0 spiro atoms. The molecule has 4 nitrogen and oxygen atoms in total. The van der Waals surface area contributed by atoms with Gasteiger partial charge >= 0.3 is 0 Å². The molecule has 1 amide bonds. The molecule has 0 aliphatic carbocycles. The van der Waals surface area contributed by atoms with Crippen molar-refractivity contribution in [2.75, 3.05) is 12.4 Å². The number of carbonyl (C=O) groups excluding carboxylic acids is 1. The summed E-state index contributed by atoms with van der Waals surface area (Å²) in [7, 11) is 1.56. The van der Waals surface area contributed by atoms with Crippen molar-refractivity contribution in [3.8, 4) is 0 Å². The van der Waals surface area contributed by atoms with Crippen molar-refractivity contribution in [2.45, 2.75) is 52.3 Å². The smallest absolute Gasteiger partial charge is 0.256 e. The first-order valence-corrected chi connectivity index (χ1v) is 7.10. The van der Waals surface area contributed by atoms with Crippen molar-refractivity contribution < 1.29 is 9.53 Å². The third kappa shape index (κ3) is 4.62. The average molecular weight is 278 g/mol. The van der Waals surface area contributed by atoms with Gasteiger partial charge in [0.2, 0.25) is 0 Å². The minimum atomic E-state index is -0.780. The molecule has 1 unspecified atom stereocenters. The van der Waals surface area contributed by atoms with E-state index in [1.807, 2.05) is 31.2 Å². The van der Waals surface area contributed by atoms with Crippen LogP contribution in [0.15, 0.2) is 24.3 Å². The quantitative estimate of drug-likeness (QED) is 0.806. The Bertz CT molecular complexity index is 423. The molecule has 0 radical (unpaired) electrons. The predicted octanol–water partition coefficient (Wildman–Crippen LogP) is 2.94. The SMILES string of the molecule is CCC(C)(OC)C(=O)Nc1ccc(CNC(C)C)cc1. The maximum atomic E-state index is 12.1. The number of anilines is 1. The first-order valence-electron chi connectivity index (χ1n) is 7.10. The van der Waals surface area contributed by atoms with E-state index in [-0.39, 0.29) is 5.91 Å². The molecule has 1 aromatic carbocycles.